The lowest BCUT2D eigenvalue weighted by Gasteiger charge is -1.78. The Morgan fingerprint density at radius 3 is 1.86 bits per heavy atom. The Bertz CT molecular complexity index is 327. The SMILES string of the molecule is Clc1[nH]ncc1I.Nc1[nH]ncc1I. The number of nitrogen functional groups attached to an aromatic ring is 1. The number of H-pyrrole nitrogens is 2. The highest BCUT2D eigenvalue weighted by Crippen LogP contribution is 2.11. The summed E-state index contributed by atoms with van der Waals surface area (Å²) in [4.78, 5) is 0. The van der Waals surface area contributed by atoms with Crippen LogP contribution in [0.2, 0.25) is 5.15 Å². The van der Waals surface area contributed by atoms with Crippen LogP contribution >= 0.6 is 56.8 Å². The number of nitrogens with one attached hydrogen (secondary N) is 2. The van der Waals surface area contributed by atoms with E-state index in [1.165, 1.54) is 0 Å². The van der Waals surface area contributed by atoms with E-state index in [2.05, 4.69) is 65.6 Å². The maximum Gasteiger partial charge on any atom is 0.137 e. The van der Waals surface area contributed by atoms with E-state index in [4.69, 9.17) is 17.3 Å². The van der Waals surface area contributed by atoms with Crippen LogP contribution in [0.25, 0.3) is 0 Å². The van der Waals surface area contributed by atoms with Crippen molar-refractivity contribution in [2.75, 3.05) is 5.73 Å². The minimum Gasteiger partial charge on any atom is -0.383 e. The van der Waals surface area contributed by atoms with Gasteiger partial charge in [-0.2, -0.15) is 10.2 Å². The number of halogens is 3. The number of nitrogens with two attached hydrogens (primary N) is 1. The maximum absolute atomic E-state index is 5.50. The van der Waals surface area contributed by atoms with Crippen LogP contribution in [0.3, 0.4) is 0 Å². The van der Waals surface area contributed by atoms with E-state index >= 15 is 0 Å². The van der Waals surface area contributed by atoms with Gasteiger partial charge in [-0.1, -0.05) is 11.6 Å². The van der Waals surface area contributed by atoms with Gasteiger partial charge in [0.05, 0.1) is 19.5 Å². The third-order valence-corrected chi connectivity index (χ3v) is 3.45. The van der Waals surface area contributed by atoms with Gasteiger partial charge in [0.25, 0.3) is 0 Å². The first-order valence-electron chi connectivity index (χ1n) is 3.40. The van der Waals surface area contributed by atoms with E-state index in [1.807, 2.05) is 0 Å². The predicted octanol–water partition coefficient (Wildman–Crippen LogP) is 2.26. The summed E-state index contributed by atoms with van der Waals surface area (Å²) in [6.07, 6.45) is 3.35. The topological polar surface area (TPSA) is 83.4 Å². The number of hydrogen-bond donors (Lipinski definition) is 3. The minimum atomic E-state index is 0.612. The van der Waals surface area contributed by atoms with Gasteiger partial charge in [0, 0.05) is 0 Å². The number of hydrogen-bond acceptors (Lipinski definition) is 3. The zero-order valence-corrected chi connectivity index (χ0v) is 11.8. The second-order valence-electron chi connectivity index (χ2n) is 2.16. The summed E-state index contributed by atoms with van der Waals surface area (Å²) in [5, 5.41) is 13.1. The molecule has 0 spiro atoms. The van der Waals surface area contributed by atoms with Crippen molar-refractivity contribution in [2.24, 2.45) is 0 Å². The molecule has 0 radical (unpaired) electrons. The Labute approximate surface area is 112 Å². The van der Waals surface area contributed by atoms with Crippen LogP contribution in [0.4, 0.5) is 5.82 Å². The fourth-order valence-corrected chi connectivity index (χ4v) is 1.15. The molecule has 0 unspecified atom stereocenters. The Morgan fingerprint density at radius 2 is 1.71 bits per heavy atom. The first-order chi connectivity index (χ1) is 6.61. The lowest BCUT2D eigenvalue weighted by Crippen LogP contribution is -1.84. The van der Waals surface area contributed by atoms with Crippen molar-refractivity contribution >= 4 is 62.6 Å². The van der Waals surface area contributed by atoms with Crippen molar-refractivity contribution in [3.8, 4) is 0 Å². The molecule has 2 aromatic heterocycles. The quantitative estimate of drug-likeness (QED) is 0.553. The molecule has 0 aliphatic rings. The van der Waals surface area contributed by atoms with Gasteiger partial charge in [0.2, 0.25) is 0 Å². The fraction of sp³-hybridized carbons (Fsp3) is 0. The Morgan fingerprint density at radius 1 is 1.14 bits per heavy atom. The fourth-order valence-electron chi connectivity index (χ4n) is 0.537. The summed E-state index contributed by atoms with van der Waals surface area (Å²) in [7, 11) is 0. The van der Waals surface area contributed by atoms with E-state index in [0.29, 0.717) is 11.0 Å². The third kappa shape index (κ3) is 3.61. The van der Waals surface area contributed by atoms with Gasteiger partial charge in [-0.3, -0.25) is 10.2 Å². The lowest BCUT2D eigenvalue weighted by molar-refractivity contribution is 1.09. The molecule has 0 saturated heterocycles. The average molecular weight is 437 g/mol. The standard InChI is InChI=1S/C3H2ClIN2.C3H4IN3/c4-3-2(5)1-6-7-3;4-2-1-6-7-3(2)5/h1H,(H,6,7);1H,(H3,5,6,7). The summed E-state index contributed by atoms with van der Waals surface area (Å²) in [6, 6.07) is 0. The molecule has 5 nitrogen and oxygen atoms in total. The molecular weight excluding hydrogens is 431 g/mol. The van der Waals surface area contributed by atoms with Crippen LogP contribution in [-0.4, -0.2) is 20.4 Å². The molecule has 76 valence electrons. The number of anilines is 1. The van der Waals surface area contributed by atoms with Crippen LogP contribution in [0, 0.1) is 7.14 Å². The van der Waals surface area contributed by atoms with Crippen molar-refractivity contribution in [1.29, 1.82) is 0 Å². The molecule has 4 N–H and O–H groups in total. The maximum atomic E-state index is 5.50. The zero-order valence-electron chi connectivity index (χ0n) is 6.76. The Kier molecular flexibility index (Phi) is 4.95. The van der Waals surface area contributed by atoms with E-state index in [-0.39, 0.29) is 0 Å². The smallest absolute Gasteiger partial charge is 0.137 e. The monoisotopic (exact) mass is 437 g/mol. The molecule has 14 heavy (non-hydrogen) atoms. The second kappa shape index (κ2) is 5.75. The van der Waals surface area contributed by atoms with Gasteiger partial charge >= 0.3 is 0 Å². The average Bonchev–Trinajstić information content (AvgIpc) is 2.67. The van der Waals surface area contributed by atoms with Crippen molar-refractivity contribution < 1.29 is 0 Å². The summed E-state index contributed by atoms with van der Waals surface area (Å²) < 4.78 is 1.93. The van der Waals surface area contributed by atoms with Crippen molar-refractivity contribution in [2.45, 2.75) is 0 Å². The van der Waals surface area contributed by atoms with Gasteiger partial charge in [-0.25, -0.2) is 0 Å². The van der Waals surface area contributed by atoms with Crippen molar-refractivity contribution in [3.63, 3.8) is 0 Å². The highest BCUT2D eigenvalue weighted by Gasteiger charge is 1.92. The second-order valence-corrected chi connectivity index (χ2v) is 4.87. The molecule has 0 fully saturated rings. The van der Waals surface area contributed by atoms with Crippen LogP contribution in [-0.2, 0) is 0 Å². The molecule has 2 heterocycles. The first kappa shape index (κ1) is 12.0. The highest BCUT2D eigenvalue weighted by molar-refractivity contribution is 14.1. The molecule has 0 aliphatic heterocycles. The van der Waals surface area contributed by atoms with Crippen LogP contribution in [0.1, 0.15) is 0 Å². The van der Waals surface area contributed by atoms with Crippen LogP contribution < -0.4 is 5.73 Å². The summed E-state index contributed by atoms with van der Waals surface area (Å²) in [5.41, 5.74) is 5.31. The van der Waals surface area contributed by atoms with Gasteiger partial charge < -0.3 is 5.73 Å². The van der Waals surface area contributed by atoms with Crippen molar-refractivity contribution in [1.82, 2.24) is 20.4 Å². The molecule has 0 bridgehead atoms. The predicted molar refractivity (Wildman–Crippen MR) is 72.0 cm³/mol. The van der Waals surface area contributed by atoms with E-state index in [1.54, 1.807) is 12.4 Å². The van der Waals surface area contributed by atoms with Crippen molar-refractivity contribution in [3.05, 3.63) is 24.7 Å². The van der Waals surface area contributed by atoms with Gasteiger partial charge in [0.1, 0.15) is 11.0 Å². The Hall–Kier alpha value is -0.0300. The molecule has 0 aliphatic carbocycles. The van der Waals surface area contributed by atoms with Crippen LogP contribution in [0.15, 0.2) is 12.4 Å². The minimum absolute atomic E-state index is 0.612. The summed E-state index contributed by atoms with van der Waals surface area (Å²) in [5.74, 6) is 0.639. The third-order valence-electron chi connectivity index (χ3n) is 1.17. The summed E-state index contributed by atoms with van der Waals surface area (Å²) in [6.45, 7) is 0. The molecule has 0 atom stereocenters. The lowest BCUT2D eigenvalue weighted by atomic mass is 10.7. The molecule has 2 rings (SSSR count). The van der Waals surface area contributed by atoms with Gasteiger partial charge in [-0.15, -0.1) is 0 Å². The number of nitrogens with zero attached hydrogens (tertiary/aromatic N) is 2. The molecule has 0 aromatic carbocycles. The summed E-state index contributed by atoms with van der Waals surface area (Å²) >= 11 is 9.69. The van der Waals surface area contributed by atoms with E-state index < -0.39 is 0 Å². The Balaban J connectivity index is 0.000000140. The largest absolute Gasteiger partial charge is 0.383 e. The molecule has 2 aromatic rings. The number of rotatable bonds is 0. The normalized spacial score (nSPS) is 9.36. The van der Waals surface area contributed by atoms with E-state index in [9.17, 15) is 0 Å². The zero-order chi connectivity index (χ0) is 10.6. The van der Waals surface area contributed by atoms with Crippen LogP contribution in [0.5, 0.6) is 0 Å². The molecule has 0 saturated carbocycles. The van der Waals surface area contributed by atoms with E-state index in [0.717, 1.165) is 7.14 Å². The molecule has 0 amide bonds. The first-order valence-corrected chi connectivity index (χ1v) is 5.93. The van der Waals surface area contributed by atoms with Gasteiger partial charge in [0.15, 0.2) is 0 Å². The number of aromatic amines is 2. The molecular formula is C6H6ClI2N5. The highest BCUT2D eigenvalue weighted by atomic mass is 127. The number of aromatic nitrogens is 4. The van der Waals surface area contributed by atoms with Gasteiger partial charge in [-0.05, 0) is 45.2 Å². The molecule has 8 heteroatoms.